The molecule has 0 unspecified atom stereocenters. The molecule has 1 aromatic carbocycles. The summed E-state index contributed by atoms with van der Waals surface area (Å²) < 4.78 is 5.12. The van der Waals surface area contributed by atoms with Gasteiger partial charge in [0.15, 0.2) is 0 Å². The third-order valence-corrected chi connectivity index (χ3v) is 2.43. The van der Waals surface area contributed by atoms with Crippen molar-refractivity contribution >= 4 is 22.4 Å². The lowest BCUT2D eigenvalue weighted by molar-refractivity contribution is 0.499. The van der Waals surface area contributed by atoms with Crippen molar-refractivity contribution in [3.8, 4) is 0 Å². The summed E-state index contributed by atoms with van der Waals surface area (Å²) in [5.74, 6) is -0.281. The summed E-state index contributed by atoms with van der Waals surface area (Å²) in [6.45, 7) is 6.10. The Balaban J connectivity index is 2.62. The van der Waals surface area contributed by atoms with Gasteiger partial charge < -0.3 is 14.8 Å². The Labute approximate surface area is 98.2 Å². The quantitative estimate of drug-likeness (QED) is 0.629. The Morgan fingerprint density at radius 3 is 2.88 bits per heavy atom. The molecule has 4 nitrogen and oxygen atoms in total. The fourth-order valence-corrected chi connectivity index (χ4v) is 1.63. The number of aliphatic hydroxyl groups excluding tert-OH is 1. The van der Waals surface area contributed by atoms with Crippen LogP contribution < -0.4 is 10.9 Å². The molecule has 1 heterocycles. The minimum absolute atomic E-state index is 0.0914. The van der Waals surface area contributed by atoms with Gasteiger partial charge >= 0.3 is 5.63 Å². The van der Waals surface area contributed by atoms with E-state index in [1.165, 1.54) is 0 Å². The third-order valence-electron chi connectivity index (χ3n) is 2.43. The largest absolute Gasteiger partial charge is 0.508 e. The number of aliphatic hydroxyl groups is 1. The maximum Gasteiger partial charge on any atom is 0.347 e. The molecule has 0 fully saturated rings. The number of rotatable bonds is 3. The van der Waals surface area contributed by atoms with Gasteiger partial charge in [-0.1, -0.05) is 6.58 Å². The van der Waals surface area contributed by atoms with Crippen LogP contribution in [-0.4, -0.2) is 11.7 Å². The van der Waals surface area contributed by atoms with Crippen LogP contribution in [0.3, 0.4) is 0 Å². The van der Waals surface area contributed by atoms with Crippen LogP contribution in [0.25, 0.3) is 16.7 Å². The highest BCUT2D eigenvalue weighted by Gasteiger charge is 2.07. The maximum absolute atomic E-state index is 11.5. The van der Waals surface area contributed by atoms with E-state index in [0.717, 1.165) is 17.6 Å². The first-order valence-corrected chi connectivity index (χ1v) is 5.32. The van der Waals surface area contributed by atoms with Crippen molar-refractivity contribution in [3.05, 3.63) is 46.8 Å². The molecule has 4 heteroatoms. The molecule has 0 spiro atoms. The van der Waals surface area contributed by atoms with Crippen molar-refractivity contribution in [1.82, 2.24) is 0 Å². The lowest BCUT2D eigenvalue weighted by Crippen LogP contribution is -2.05. The van der Waals surface area contributed by atoms with Crippen LogP contribution in [0, 0.1) is 0 Å². The first kappa shape index (κ1) is 11.3. The van der Waals surface area contributed by atoms with E-state index in [0.29, 0.717) is 5.58 Å². The average molecular weight is 231 g/mol. The second-order valence-electron chi connectivity index (χ2n) is 3.68. The van der Waals surface area contributed by atoms with Gasteiger partial charge in [-0.05, 0) is 25.1 Å². The van der Waals surface area contributed by atoms with Gasteiger partial charge in [-0.15, -0.1) is 0 Å². The zero-order valence-electron chi connectivity index (χ0n) is 9.49. The van der Waals surface area contributed by atoms with Crippen molar-refractivity contribution in [1.29, 1.82) is 0 Å². The lowest BCUT2D eigenvalue weighted by atomic mass is 10.1. The smallest absolute Gasteiger partial charge is 0.347 e. The SMILES string of the molecule is C=C(O)c1cc2ccc(NCC)cc2oc1=O. The summed E-state index contributed by atoms with van der Waals surface area (Å²) in [5.41, 5.74) is 0.879. The number of fused-ring (bicyclic) bond motifs is 1. The lowest BCUT2D eigenvalue weighted by Gasteiger charge is -2.05. The van der Waals surface area contributed by atoms with Crippen LogP contribution in [0.15, 0.2) is 40.1 Å². The van der Waals surface area contributed by atoms with Crippen LogP contribution in [-0.2, 0) is 0 Å². The number of hydrogen-bond acceptors (Lipinski definition) is 4. The van der Waals surface area contributed by atoms with Gasteiger partial charge in [-0.2, -0.15) is 0 Å². The molecule has 0 amide bonds. The average Bonchev–Trinajstić information content (AvgIpc) is 2.28. The topological polar surface area (TPSA) is 62.5 Å². The van der Waals surface area contributed by atoms with E-state index in [1.807, 2.05) is 19.1 Å². The molecule has 2 rings (SSSR count). The van der Waals surface area contributed by atoms with Crippen molar-refractivity contribution in [2.75, 3.05) is 11.9 Å². The van der Waals surface area contributed by atoms with E-state index in [2.05, 4.69) is 11.9 Å². The Bertz CT molecular complexity index is 628. The molecule has 88 valence electrons. The minimum atomic E-state index is -0.585. The number of hydrogen-bond donors (Lipinski definition) is 2. The molecule has 0 aliphatic heterocycles. The van der Waals surface area contributed by atoms with E-state index in [-0.39, 0.29) is 11.3 Å². The molecule has 0 radical (unpaired) electrons. The van der Waals surface area contributed by atoms with Crippen LogP contribution in [0.4, 0.5) is 5.69 Å². The van der Waals surface area contributed by atoms with Gasteiger partial charge in [0.1, 0.15) is 16.9 Å². The molecule has 0 aliphatic rings. The van der Waals surface area contributed by atoms with Crippen LogP contribution in [0.2, 0.25) is 0 Å². The van der Waals surface area contributed by atoms with E-state index < -0.39 is 5.63 Å². The van der Waals surface area contributed by atoms with E-state index in [4.69, 9.17) is 4.42 Å². The Morgan fingerprint density at radius 1 is 1.47 bits per heavy atom. The molecule has 0 bridgehead atoms. The van der Waals surface area contributed by atoms with Crippen molar-refractivity contribution < 1.29 is 9.52 Å². The molecule has 17 heavy (non-hydrogen) atoms. The molecule has 0 aliphatic carbocycles. The zero-order chi connectivity index (χ0) is 12.4. The first-order chi connectivity index (χ1) is 8.11. The summed E-state index contributed by atoms with van der Waals surface area (Å²) in [4.78, 5) is 11.5. The zero-order valence-corrected chi connectivity index (χ0v) is 9.49. The van der Waals surface area contributed by atoms with Crippen molar-refractivity contribution in [2.24, 2.45) is 0 Å². The summed E-state index contributed by atoms with van der Waals surface area (Å²) >= 11 is 0. The standard InChI is InChI=1S/C13H13NO3/c1-3-14-10-5-4-9-6-11(8(2)15)13(16)17-12(9)7-10/h4-7,14-15H,2-3H2,1H3. The van der Waals surface area contributed by atoms with Crippen molar-refractivity contribution in [2.45, 2.75) is 6.92 Å². The Hall–Kier alpha value is -2.23. The van der Waals surface area contributed by atoms with Crippen LogP contribution in [0.5, 0.6) is 0 Å². The predicted molar refractivity (Wildman–Crippen MR) is 68.3 cm³/mol. The van der Waals surface area contributed by atoms with Gasteiger partial charge in [0, 0.05) is 23.7 Å². The number of nitrogens with one attached hydrogen (secondary N) is 1. The van der Waals surface area contributed by atoms with Gasteiger partial charge in [0.25, 0.3) is 0 Å². The van der Waals surface area contributed by atoms with Crippen LogP contribution in [0.1, 0.15) is 12.5 Å². The first-order valence-electron chi connectivity index (χ1n) is 5.32. The van der Waals surface area contributed by atoms with Gasteiger partial charge in [0.05, 0.1) is 0 Å². The highest BCUT2D eigenvalue weighted by Crippen LogP contribution is 2.20. The fourth-order valence-electron chi connectivity index (χ4n) is 1.63. The summed E-state index contributed by atoms with van der Waals surface area (Å²) in [6, 6.07) is 7.03. The monoisotopic (exact) mass is 231 g/mol. The van der Waals surface area contributed by atoms with E-state index >= 15 is 0 Å². The molecule has 2 N–H and O–H groups in total. The van der Waals surface area contributed by atoms with E-state index in [1.54, 1.807) is 12.1 Å². The predicted octanol–water partition coefficient (Wildman–Crippen LogP) is 2.75. The Kier molecular flexibility index (Phi) is 2.87. The molecule has 0 atom stereocenters. The molecule has 2 aromatic rings. The molecular formula is C13H13NO3. The number of anilines is 1. The summed E-state index contributed by atoms with van der Waals surface area (Å²) in [5, 5.41) is 13.1. The second kappa shape index (κ2) is 4.33. The molecule has 0 saturated carbocycles. The summed E-state index contributed by atoms with van der Waals surface area (Å²) in [6.07, 6.45) is 0. The highest BCUT2D eigenvalue weighted by atomic mass is 16.4. The van der Waals surface area contributed by atoms with Gasteiger partial charge in [0.2, 0.25) is 0 Å². The van der Waals surface area contributed by atoms with Gasteiger partial charge in [-0.25, -0.2) is 4.79 Å². The van der Waals surface area contributed by atoms with Crippen LogP contribution >= 0.6 is 0 Å². The summed E-state index contributed by atoms with van der Waals surface area (Å²) in [7, 11) is 0. The molecule has 1 aromatic heterocycles. The van der Waals surface area contributed by atoms with Gasteiger partial charge in [-0.3, -0.25) is 0 Å². The maximum atomic E-state index is 11.5. The van der Waals surface area contributed by atoms with E-state index in [9.17, 15) is 9.90 Å². The second-order valence-corrected chi connectivity index (χ2v) is 3.68. The van der Waals surface area contributed by atoms with Crippen molar-refractivity contribution in [3.63, 3.8) is 0 Å². The fraction of sp³-hybridized carbons (Fsp3) is 0.154. The highest BCUT2D eigenvalue weighted by molar-refractivity contribution is 5.82. The third kappa shape index (κ3) is 2.15. The minimum Gasteiger partial charge on any atom is -0.508 e. The Morgan fingerprint density at radius 2 is 2.24 bits per heavy atom. The number of benzene rings is 1. The normalized spacial score (nSPS) is 10.4. The molecule has 0 saturated heterocycles. The molecular weight excluding hydrogens is 218 g/mol.